The predicted molar refractivity (Wildman–Crippen MR) is 110 cm³/mol. The molecular formula is C21H25N3O5. The van der Waals surface area contributed by atoms with Gasteiger partial charge in [0.25, 0.3) is 11.6 Å². The van der Waals surface area contributed by atoms with E-state index in [4.69, 9.17) is 9.47 Å². The first kappa shape index (κ1) is 20.4. The lowest BCUT2D eigenvalue weighted by atomic mass is 10.0. The van der Waals surface area contributed by atoms with Crippen LogP contribution in [0.3, 0.4) is 0 Å². The van der Waals surface area contributed by atoms with E-state index in [9.17, 15) is 14.9 Å². The molecule has 1 aliphatic rings. The molecule has 0 spiro atoms. The van der Waals surface area contributed by atoms with E-state index >= 15 is 0 Å². The molecule has 0 radical (unpaired) electrons. The van der Waals surface area contributed by atoms with Gasteiger partial charge in [-0.2, -0.15) is 0 Å². The van der Waals surface area contributed by atoms with Crippen molar-refractivity contribution in [1.82, 2.24) is 5.32 Å². The lowest BCUT2D eigenvalue weighted by Crippen LogP contribution is -2.27. The van der Waals surface area contributed by atoms with Crippen LogP contribution < -0.4 is 20.1 Å². The summed E-state index contributed by atoms with van der Waals surface area (Å²) in [5.74, 6) is 0.801. The van der Waals surface area contributed by atoms with Crippen molar-refractivity contribution in [2.45, 2.75) is 38.8 Å². The number of nitrogens with one attached hydrogen (secondary N) is 2. The number of hydrogen-bond acceptors (Lipinski definition) is 6. The number of amides is 1. The Morgan fingerprint density at radius 3 is 2.41 bits per heavy atom. The first-order chi connectivity index (χ1) is 13.8. The van der Waals surface area contributed by atoms with Crippen LogP contribution in [0.15, 0.2) is 30.3 Å². The van der Waals surface area contributed by atoms with E-state index in [1.165, 1.54) is 6.07 Å². The van der Waals surface area contributed by atoms with Crippen molar-refractivity contribution in [2.75, 3.05) is 19.5 Å². The minimum absolute atomic E-state index is 0.0977. The number of rotatable bonds is 8. The molecule has 29 heavy (non-hydrogen) atoms. The SMILES string of the molecule is COc1cc(C)c(C(C)NC(=O)c2ccc(NC3CC3)c([N+](=O)[O-])c2)cc1OC. The molecule has 0 aromatic heterocycles. The van der Waals surface area contributed by atoms with Gasteiger partial charge in [-0.05, 0) is 62.1 Å². The van der Waals surface area contributed by atoms with E-state index in [0.29, 0.717) is 17.2 Å². The minimum atomic E-state index is -0.469. The third kappa shape index (κ3) is 4.59. The number of methoxy groups -OCH3 is 2. The van der Waals surface area contributed by atoms with Gasteiger partial charge in [-0.1, -0.05) is 0 Å². The molecule has 0 heterocycles. The van der Waals surface area contributed by atoms with Crippen LogP contribution in [-0.4, -0.2) is 31.1 Å². The Labute approximate surface area is 169 Å². The van der Waals surface area contributed by atoms with E-state index < -0.39 is 4.92 Å². The molecule has 154 valence electrons. The monoisotopic (exact) mass is 399 g/mol. The van der Waals surface area contributed by atoms with Crippen LogP contribution in [0.1, 0.15) is 47.3 Å². The van der Waals surface area contributed by atoms with Crippen LogP contribution in [0.5, 0.6) is 11.5 Å². The second-order valence-electron chi connectivity index (χ2n) is 7.17. The summed E-state index contributed by atoms with van der Waals surface area (Å²) in [4.78, 5) is 23.7. The summed E-state index contributed by atoms with van der Waals surface area (Å²) in [6.45, 7) is 3.77. The number of anilines is 1. The molecular weight excluding hydrogens is 374 g/mol. The number of benzene rings is 2. The summed E-state index contributed by atoms with van der Waals surface area (Å²) < 4.78 is 10.6. The Hall–Kier alpha value is -3.29. The van der Waals surface area contributed by atoms with Crippen LogP contribution in [-0.2, 0) is 0 Å². The fourth-order valence-corrected chi connectivity index (χ4v) is 3.21. The summed E-state index contributed by atoms with van der Waals surface area (Å²) in [6.07, 6.45) is 2.00. The van der Waals surface area contributed by atoms with Gasteiger partial charge in [0, 0.05) is 17.7 Å². The normalized spacial score (nSPS) is 14.1. The van der Waals surface area contributed by atoms with Crippen LogP contribution in [0.2, 0.25) is 0 Å². The maximum absolute atomic E-state index is 12.7. The van der Waals surface area contributed by atoms with Gasteiger partial charge in [0.15, 0.2) is 11.5 Å². The van der Waals surface area contributed by atoms with Crippen molar-refractivity contribution in [1.29, 1.82) is 0 Å². The molecule has 2 aromatic carbocycles. The maximum Gasteiger partial charge on any atom is 0.293 e. The molecule has 1 aliphatic carbocycles. The zero-order valence-corrected chi connectivity index (χ0v) is 16.9. The highest BCUT2D eigenvalue weighted by Crippen LogP contribution is 2.34. The lowest BCUT2D eigenvalue weighted by molar-refractivity contribution is -0.384. The summed E-state index contributed by atoms with van der Waals surface area (Å²) >= 11 is 0. The van der Waals surface area contributed by atoms with Crippen molar-refractivity contribution >= 4 is 17.3 Å². The van der Waals surface area contributed by atoms with Gasteiger partial charge < -0.3 is 20.1 Å². The summed E-state index contributed by atoms with van der Waals surface area (Å²) in [6, 6.07) is 8.13. The van der Waals surface area contributed by atoms with Gasteiger partial charge >= 0.3 is 0 Å². The third-order valence-corrected chi connectivity index (χ3v) is 4.98. The van der Waals surface area contributed by atoms with Gasteiger partial charge in [-0.3, -0.25) is 14.9 Å². The Kier molecular flexibility index (Phi) is 5.91. The Bertz CT molecular complexity index is 940. The Morgan fingerprint density at radius 2 is 1.83 bits per heavy atom. The lowest BCUT2D eigenvalue weighted by Gasteiger charge is -2.19. The highest BCUT2D eigenvalue weighted by atomic mass is 16.6. The first-order valence-corrected chi connectivity index (χ1v) is 9.42. The zero-order chi connectivity index (χ0) is 21.1. The molecule has 0 saturated heterocycles. The summed E-state index contributed by atoms with van der Waals surface area (Å²) in [5, 5.41) is 17.5. The average Bonchev–Trinajstić information content (AvgIpc) is 3.51. The highest BCUT2D eigenvalue weighted by molar-refractivity contribution is 5.96. The largest absolute Gasteiger partial charge is 0.493 e. The number of hydrogen-bond donors (Lipinski definition) is 2. The molecule has 1 unspecified atom stereocenters. The van der Waals surface area contributed by atoms with Gasteiger partial charge in [0.05, 0.1) is 25.2 Å². The molecule has 1 amide bonds. The van der Waals surface area contributed by atoms with E-state index in [-0.39, 0.29) is 29.2 Å². The average molecular weight is 399 g/mol. The summed E-state index contributed by atoms with van der Waals surface area (Å²) in [7, 11) is 3.12. The van der Waals surface area contributed by atoms with Gasteiger partial charge in [0.2, 0.25) is 0 Å². The Balaban J connectivity index is 1.80. The van der Waals surface area contributed by atoms with Crippen molar-refractivity contribution in [3.63, 3.8) is 0 Å². The number of carbonyl (C=O) groups is 1. The summed E-state index contributed by atoms with van der Waals surface area (Å²) in [5.41, 5.74) is 2.39. The molecule has 1 fully saturated rings. The second-order valence-corrected chi connectivity index (χ2v) is 7.17. The minimum Gasteiger partial charge on any atom is -0.493 e. The van der Waals surface area contributed by atoms with Crippen molar-refractivity contribution < 1.29 is 19.2 Å². The van der Waals surface area contributed by atoms with E-state index in [0.717, 1.165) is 24.0 Å². The molecule has 2 aromatic rings. The zero-order valence-electron chi connectivity index (χ0n) is 16.9. The molecule has 8 nitrogen and oxygen atoms in total. The van der Waals surface area contributed by atoms with Gasteiger partial charge in [-0.25, -0.2) is 0 Å². The number of ether oxygens (including phenoxy) is 2. The van der Waals surface area contributed by atoms with E-state index in [1.54, 1.807) is 26.4 Å². The quantitative estimate of drug-likeness (QED) is 0.514. The van der Waals surface area contributed by atoms with Crippen molar-refractivity contribution in [3.8, 4) is 11.5 Å². The van der Waals surface area contributed by atoms with Crippen LogP contribution >= 0.6 is 0 Å². The molecule has 1 saturated carbocycles. The van der Waals surface area contributed by atoms with E-state index in [1.807, 2.05) is 26.0 Å². The Morgan fingerprint density at radius 1 is 1.17 bits per heavy atom. The molecule has 1 atom stereocenters. The first-order valence-electron chi connectivity index (χ1n) is 9.42. The van der Waals surface area contributed by atoms with E-state index in [2.05, 4.69) is 10.6 Å². The van der Waals surface area contributed by atoms with Crippen LogP contribution in [0.25, 0.3) is 0 Å². The maximum atomic E-state index is 12.7. The smallest absolute Gasteiger partial charge is 0.293 e. The molecule has 0 aliphatic heterocycles. The second kappa shape index (κ2) is 8.38. The van der Waals surface area contributed by atoms with Crippen molar-refractivity contribution in [3.05, 3.63) is 57.1 Å². The molecule has 8 heteroatoms. The predicted octanol–water partition coefficient (Wildman–Crippen LogP) is 3.99. The van der Waals surface area contributed by atoms with Crippen LogP contribution in [0.4, 0.5) is 11.4 Å². The van der Waals surface area contributed by atoms with Crippen molar-refractivity contribution in [2.24, 2.45) is 0 Å². The standard InChI is InChI=1S/C21H25N3O5/c1-12-9-19(28-3)20(29-4)11-16(12)13(2)22-21(25)14-5-8-17(23-15-6-7-15)18(10-14)24(26)27/h5,8-11,13,15,23H,6-7H2,1-4H3,(H,22,25). The van der Waals surface area contributed by atoms with Gasteiger partial charge in [0.1, 0.15) is 5.69 Å². The highest BCUT2D eigenvalue weighted by Gasteiger charge is 2.26. The molecule has 0 bridgehead atoms. The fourth-order valence-electron chi connectivity index (χ4n) is 3.21. The number of nitro benzene ring substituents is 1. The number of carbonyl (C=O) groups excluding carboxylic acids is 1. The van der Waals surface area contributed by atoms with Crippen LogP contribution in [0, 0.1) is 17.0 Å². The molecule has 3 rings (SSSR count). The number of nitro groups is 1. The topological polar surface area (TPSA) is 103 Å². The number of nitrogens with zero attached hydrogens (tertiary/aromatic N) is 1. The van der Waals surface area contributed by atoms with Gasteiger partial charge in [-0.15, -0.1) is 0 Å². The number of aryl methyl sites for hydroxylation is 1. The third-order valence-electron chi connectivity index (χ3n) is 4.98. The molecule has 2 N–H and O–H groups in total. The fraction of sp³-hybridized carbons (Fsp3) is 0.381.